The van der Waals surface area contributed by atoms with Crippen LogP contribution in [0.3, 0.4) is 0 Å². The summed E-state index contributed by atoms with van der Waals surface area (Å²) in [5, 5.41) is 0. The van der Waals surface area contributed by atoms with Gasteiger partial charge in [-0.05, 0) is 24.8 Å². The number of aryl methyl sites for hydroxylation is 1. The Morgan fingerprint density at radius 2 is 2.11 bits per heavy atom. The first-order valence-corrected chi connectivity index (χ1v) is 6.53. The Kier molecular flexibility index (Phi) is 4.20. The molecule has 0 amide bonds. The summed E-state index contributed by atoms with van der Waals surface area (Å²) >= 11 is 0. The van der Waals surface area contributed by atoms with Crippen molar-refractivity contribution in [3.8, 4) is 0 Å². The summed E-state index contributed by atoms with van der Waals surface area (Å²) in [6.45, 7) is 1.65. The normalized spacial score (nSPS) is 22.1. The third kappa shape index (κ3) is 3.34. The van der Waals surface area contributed by atoms with Gasteiger partial charge in [0.25, 0.3) is 0 Å². The van der Waals surface area contributed by atoms with Gasteiger partial charge in [0.2, 0.25) is 5.60 Å². The van der Waals surface area contributed by atoms with Gasteiger partial charge in [-0.3, -0.25) is 4.79 Å². The Morgan fingerprint density at radius 1 is 1.37 bits per heavy atom. The summed E-state index contributed by atoms with van der Waals surface area (Å²) in [6.07, 6.45) is 2.62. The standard InChI is InChI=1S/C15H18O4/c1-12(16)19-15(10-11-18-14(15)17)9-5-8-13-6-3-2-4-7-13/h2-4,6-7H,5,8-11H2,1H3. The highest BCUT2D eigenvalue weighted by Gasteiger charge is 2.47. The molecule has 1 unspecified atom stereocenters. The van der Waals surface area contributed by atoms with E-state index in [0.29, 0.717) is 19.4 Å². The summed E-state index contributed by atoms with van der Waals surface area (Å²) in [6, 6.07) is 10.0. The Morgan fingerprint density at radius 3 is 2.68 bits per heavy atom. The highest BCUT2D eigenvalue weighted by atomic mass is 16.6. The van der Waals surface area contributed by atoms with Crippen LogP contribution in [-0.4, -0.2) is 24.1 Å². The number of carbonyl (C=O) groups excluding carboxylic acids is 2. The van der Waals surface area contributed by atoms with Gasteiger partial charge in [0, 0.05) is 13.3 Å². The van der Waals surface area contributed by atoms with E-state index in [1.165, 1.54) is 12.5 Å². The van der Waals surface area contributed by atoms with Gasteiger partial charge in [-0.2, -0.15) is 0 Å². The average molecular weight is 262 g/mol. The molecule has 0 radical (unpaired) electrons. The van der Waals surface area contributed by atoms with E-state index in [2.05, 4.69) is 0 Å². The van der Waals surface area contributed by atoms with Crippen molar-refractivity contribution in [1.29, 1.82) is 0 Å². The minimum absolute atomic E-state index is 0.331. The maximum absolute atomic E-state index is 11.8. The number of ether oxygens (including phenoxy) is 2. The van der Waals surface area contributed by atoms with Crippen molar-refractivity contribution in [1.82, 2.24) is 0 Å². The van der Waals surface area contributed by atoms with E-state index in [0.717, 1.165) is 12.8 Å². The van der Waals surface area contributed by atoms with Gasteiger partial charge in [0.15, 0.2) is 0 Å². The first-order chi connectivity index (χ1) is 9.12. The Labute approximate surface area is 112 Å². The van der Waals surface area contributed by atoms with Crippen molar-refractivity contribution in [3.05, 3.63) is 35.9 Å². The number of cyclic esters (lactones) is 1. The van der Waals surface area contributed by atoms with Crippen LogP contribution in [0, 0.1) is 0 Å². The highest BCUT2D eigenvalue weighted by Crippen LogP contribution is 2.30. The molecule has 0 bridgehead atoms. The monoisotopic (exact) mass is 262 g/mol. The summed E-state index contributed by atoms with van der Waals surface area (Å²) in [5.41, 5.74) is 0.160. The summed E-state index contributed by atoms with van der Waals surface area (Å²) in [5.74, 6) is -0.839. The molecule has 0 aliphatic carbocycles. The van der Waals surface area contributed by atoms with Gasteiger partial charge in [0.05, 0.1) is 6.61 Å². The topological polar surface area (TPSA) is 52.6 Å². The van der Waals surface area contributed by atoms with Crippen molar-refractivity contribution in [2.24, 2.45) is 0 Å². The lowest BCUT2D eigenvalue weighted by atomic mass is 9.93. The molecule has 0 spiro atoms. The lowest BCUT2D eigenvalue weighted by molar-refractivity contribution is -0.172. The highest BCUT2D eigenvalue weighted by molar-refractivity contribution is 5.84. The minimum Gasteiger partial charge on any atom is -0.463 e. The molecule has 1 saturated heterocycles. The molecule has 1 aliphatic rings. The number of benzene rings is 1. The number of esters is 2. The molecule has 1 aromatic rings. The van der Waals surface area contributed by atoms with E-state index >= 15 is 0 Å². The van der Waals surface area contributed by atoms with E-state index in [-0.39, 0.29) is 0 Å². The average Bonchev–Trinajstić information content (AvgIpc) is 2.71. The molecule has 4 heteroatoms. The van der Waals surface area contributed by atoms with Crippen LogP contribution in [0.5, 0.6) is 0 Å². The van der Waals surface area contributed by atoms with Crippen molar-refractivity contribution >= 4 is 11.9 Å². The van der Waals surface area contributed by atoms with Crippen molar-refractivity contribution < 1.29 is 19.1 Å². The van der Waals surface area contributed by atoms with Crippen LogP contribution in [0.1, 0.15) is 31.7 Å². The molecule has 102 valence electrons. The van der Waals surface area contributed by atoms with Crippen molar-refractivity contribution in [2.45, 2.75) is 38.2 Å². The van der Waals surface area contributed by atoms with Crippen molar-refractivity contribution in [3.63, 3.8) is 0 Å². The molecule has 0 aromatic heterocycles. The number of hydrogen-bond acceptors (Lipinski definition) is 4. The zero-order valence-corrected chi connectivity index (χ0v) is 11.1. The van der Waals surface area contributed by atoms with Gasteiger partial charge in [0.1, 0.15) is 0 Å². The molecule has 1 aliphatic heterocycles. The zero-order valence-electron chi connectivity index (χ0n) is 11.1. The molecule has 1 fully saturated rings. The maximum Gasteiger partial charge on any atom is 0.350 e. The van der Waals surface area contributed by atoms with Gasteiger partial charge >= 0.3 is 11.9 Å². The summed E-state index contributed by atoms with van der Waals surface area (Å²) in [4.78, 5) is 22.9. The van der Waals surface area contributed by atoms with E-state index in [1.54, 1.807) is 0 Å². The fourth-order valence-electron chi connectivity index (χ4n) is 2.41. The van der Waals surface area contributed by atoms with Gasteiger partial charge in [-0.15, -0.1) is 0 Å². The van der Waals surface area contributed by atoms with E-state index < -0.39 is 17.5 Å². The quantitative estimate of drug-likeness (QED) is 0.764. The Bertz CT molecular complexity index is 454. The SMILES string of the molecule is CC(=O)OC1(CCCc2ccccc2)CCOC1=O. The number of carbonyl (C=O) groups is 2. The molecular formula is C15H18O4. The molecule has 1 aromatic carbocycles. The first kappa shape index (κ1) is 13.6. The minimum atomic E-state index is -1.05. The van der Waals surface area contributed by atoms with Crippen LogP contribution >= 0.6 is 0 Å². The van der Waals surface area contributed by atoms with E-state index in [9.17, 15) is 9.59 Å². The van der Waals surface area contributed by atoms with E-state index in [1.807, 2.05) is 30.3 Å². The predicted molar refractivity (Wildman–Crippen MR) is 69.5 cm³/mol. The zero-order chi connectivity index (χ0) is 13.7. The third-order valence-electron chi connectivity index (χ3n) is 3.34. The second-order valence-corrected chi connectivity index (χ2v) is 4.81. The molecule has 4 nitrogen and oxygen atoms in total. The molecular weight excluding hydrogens is 244 g/mol. The van der Waals surface area contributed by atoms with Crippen LogP contribution in [0.25, 0.3) is 0 Å². The Balaban J connectivity index is 1.94. The van der Waals surface area contributed by atoms with Crippen LogP contribution < -0.4 is 0 Å². The summed E-state index contributed by atoms with van der Waals surface area (Å²) < 4.78 is 10.2. The number of rotatable bonds is 5. The first-order valence-electron chi connectivity index (χ1n) is 6.53. The molecule has 0 N–H and O–H groups in total. The van der Waals surface area contributed by atoms with Crippen LogP contribution in [0.15, 0.2) is 30.3 Å². The van der Waals surface area contributed by atoms with Gasteiger partial charge in [-0.25, -0.2) is 4.79 Å². The maximum atomic E-state index is 11.8. The van der Waals surface area contributed by atoms with Crippen LogP contribution in [0.4, 0.5) is 0 Å². The second kappa shape index (κ2) is 5.87. The molecule has 1 heterocycles. The fourth-order valence-corrected chi connectivity index (χ4v) is 2.41. The van der Waals surface area contributed by atoms with Crippen molar-refractivity contribution in [2.75, 3.05) is 6.61 Å². The summed E-state index contributed by atoms with van der Waals surface area (Å²) in [7, 11) is 0. The predicted octanol–water partition coefficient (Wildman–Crippen LogP) is 2.26. The van der Waals surface area contributed by atoms with Crippen LogP contribution in [0.2, 0.25) is 0 Å². The molecule has 2 rings (SSSR count). The second-order valence-electron chi connectivity index (χ2n) is 4.81. The smallest absolute Gasteiger partial charge is 0.350 e. The van der Waals surface area contributed by atoms with Gasteiger partial charge < -0.3 is 9.47 Å². The third-order valence-corrected chi connectivity index (χ3v) is 3.34. The molecule has 19 heavy (non-hydrogen) atoms. The van der Waals surface area contributed by atoms with Gasteiger partial charge in [-0.1, -0.05) is 30.3 Å². The Hall–Kier alpha value is -1.84. The van der Waals surface area contributed by atoms with E-state index in [4.69, 9.17) is 9.47 Å². The lowest BCUT2D eigenvalue weighted by Gasteiger charge is -2.24. The fraction of sp³-hybridized carbons (Fsp3) is 0.467. The number of hydrogen-bond donors (Lipinski definition) is 0. The van der Waals surface area contributed by atoms with Crippen LogP contribution in [-0.2, 0) is 25.5 Å². The lowest BCUT2D eigenvalue weighted by Crippen LogP contribution is -2.39. The molecule has 1 atom stereocenters. The largest absolute Gasteiger partial charge is 0.463 e. The molecule has 0 saturated carbocycles.